The van der Waals surface area contributed by atoms with Gasteiger partial charge in [0, 0.05) is 24.5 Å². The predicted molar refractivity (Wildman–Crippen MR) is 73.1 cm³/mol. The van der Waals surface area contributed by atoms with Crippen molar-refractivity contribution < 1.29 is 4.79 Å². The molecule has 1 aliphatic heterocycles. The van der Waals surface area contributed by atoms with Crippen molar-refractivity contribution in [3.63, 3.8) is 0 Å². The lowest BCUT2D eigenvalue weighted by atomic mass is 9.76. The summed E-state index contributed by atoms with van der Waals surface area (Å²) in [6.45, 7) is 4.26. The third kappa shape index (κ3) is 3.23. The van der Waals surface area contributed by atoms with Gasteiger partial charge in [0.05, 0.1) is 0 Å². The minimum absolute atomic E-state index is 0.126. The van der Waals surface area contributed by atoms with Crippen molar-refractivity contribution in [1.29, 1.82) is 0 Å². The number of hydrogen-bond donors (Lipinski definition) is 2. The van der Waals surface area contributed by atoms with Crippen LogP contribution in [-0.2, 0) is 4.79 Å². The highest BCUT2D eigenvalue weighted by molar-refractivity contribution is 5.79. The SMILES string of the molecule is CC1C(N)CCCC1C(=O)NC1CCCN(C)C1. The third-order valence-electron chi connectivity index (χ3n) is 4.67. The zero-order chi connectivity index (χ0) is 13.1. The molecule has 0 aromatic heterocycles. The monoisotopic (exact) mass is 253 g/mol. The van der Waals surface area contributed by atoms with E-state index >= 15 is 0 Å². The maximum absolute atomic E-state index is 12.3. The Labute approximate surface area is 110 Å². The lowest BCUT2D eigenvalue weighted by Gasteiger charge is -2.35. The quantitative estimate of drug-likeness (QED) is 0.770. The van der Waals surface area contributed by atoms with Crippen LogP contribution in [0.15, 0.2) is 0 Å². The van der Waals surface area contributed by atoms with Gasteiger partial charge in [-0.25, -0.2) is 0 Å². The predicted octanol–water partition coefficient (Wildman–Crippen LogP) is 0.960. The summed E-state index contributed by atoms with van der Waals surface area (Å²) in [5, 5.41) is 3.23. The molecule has 1 amide bonds. The molecular weight excluding hydrogens is 226 g/mol. The van der Waals surface area contributed by atoms with Crippen molar-refractivity contribution in [2.24, 2.45) is 17.6 Å². The summed E-state index contributed by atoms with van der Waals surface area (Å²) in [5.74, 6) is 0.680. The summed E-state index contributed by atoms with van der Waals surface area (Å²) >= 11 is 0. The number of carbonyl (C=O) groups is 1. The summed E-state index contributed by atoms with van der Waals surface area (Å²) in [6, 6.07) is 0.533. The minimum Gasteiger partial charge on any atom is -0.352 e. The number of amides is 1. The van der Waals surface area contributed by atoms with Crippen LogP contribution in [0.5, 0.6) is 0 Å². The zero-order valence-electron chi connectivity index (χ0n) is 11.7. The molecule has 1 heterocycles. The number of nitrogens with one attached hydrogen (secondary N) is 1. The minimum atomic E-state index is 0.126. The fourth-order valence-corrected chi connectivity index (χ4v) is 3.36. The van der Waals surface area contributed by atoms with Crippen molar-refractivity contribution in [3.8, 4) is 0 Å². The van der Waals surface area contributed by atoms with Gasteiger partial charge >= 0.3 is 0 Å². The molecule has 1 saturated carbocycles. The van der Waals surface area contributed by atoms with E-state index < -0.39 is 0 Å². The number of nitrogens with two attached hydrogens (primary N) is 1. The van der Waals surface area contributed by atoms with E-state index in [1.165, 1.54) is 6.42 Å². The molecule has 18 heavy (non-hydrogen) atoms. The highest BCUT2D eigenvalue weighted by atomic mass is 16.2. The van der Waals surface area contributed by atoms with Crippen molar-refractivity contribution in [2.75, 3.05) is 20.1 Å². The van der Waals surface area contributed by atoms with E-state index in [4.69, 9.17) is 5.73 Å². The van der Waals surface area contributed by atoms with Crippen LogP contribution >= 0.6 is 0 Å². The highest BCUT2D eigenvalue weighted by Gasteiger charge is 2.33. The van der Waals surface area contributed by atoms with Gasteiger partial charge in [-0.3, -0.25) is 4.79 Å². The van der Waals surface area contributed by atoms with Crippen LogP contribution in [0, 0.1) is 11.8 Å². The first-order chi connectivity index (χ1) is 8.58. The van der Waals surface area contributed by atoms with Gasteiger partial charge in [0.15, 0.2) is 0 Å². The largest absolute Gasteiger partial charge is 0.352 e. The van der Waals surface area contributed by atoms with Crippen LogP contribution in [0.1, 0.15) is 39.0 Å². The first-order valence-electron chi connectivity index (χ1n) is 7.32. The van der Waals surface area contributed by atoms with Gasteiger partial charge in [0.25, 0.3) is 0 Å². The summed E-state index contributed by atoms with van der Waals surface area (Å²) < 4.78 is 0. The van der Waals surface area contributed by atoms with Gasteiger partial charge in [-0.15, -0.1) is 0 Å². The Morgan fingerprint density at radius 2 is 2.06 bits per heavy atom. The topological polar surface area (TPSA) is 58.4 Å². The van der Waals surface area contributed by atoms with E-state index in [9.17, 15) is 4.79 Å². The Kier molecular flexibility index (Phi) is 4.62. The molecular formula is C14H27N3O. The fourth-order valence-electron chi connectivity index (χ4n) is 3.36. The molecule has 104 valence electrons. The first kappa shape index (κ1) is 13.8. The van der Waals surface area contributed by atoms with Crippen molar-refractivity contribution in [2.45, 2.75) is 51.1 Å². The molecule has 2 fully saturated rings. The smallest absolute Gasteiger partial charge is 0.223 e. The van der Waals surface area contributed by atoms with Gasteiger partial charge in [-0.2, -0.15) is 0 Å². The molecule has 0 aromatic rings. The molecule has 4 atom stereocenters. The summed E-state index contributed by atoms with van der Waals surface area (Å²) in [6.07, 6.45) is 5.46. The van der Waals surface area contributed by atoms with E-state index in [-0.39, 0.29) is 17.9 Å². The van der Waals surface area contributed by atoms with Crippen molar-refractivity contribution in [1.82, 2.24) is 10.2 Å². The van der Waals surface area contributed by atoms with Gasteiger partial charge in [0.2, 0.25) is 5.91 Å². The molecule has 0 radical (unpaired) electrons. The summed E-state index contributed by atoms with van der Waals surface area (Å²) in [4.78, 5) is 14.6. The average molecular weight is 253 g/mol. The molecule has 0 bridgehead atoms. The second-order valence-electron chi connectivity index (χ2n) is 6.17. The number of piperidine rings is 1. The third-order valence-corrected chi connectivity index (χ3v) is 4.67. The van der Waals surface area contributed by atoms with E-state index in [2.05, 4.69) is 24.2 Å². The second kappa shape index (κ2) is 6.02. The molecule has 0 spiro atoms. The van der Waals surface area contributed by atoms with Gasteiger partial charge < -0.3 is 16.0 Å². The van der Waals surface area contributed by atoms with Gasteiger partial charge in [-0.1, -0.05) is 13.3 Å². The average Bonchev–Trinajstić information content (AvgIpc) is 2.32. The van der Waals surface area contributed by atoms with Gasteiger partial charge in [0.1, 0.15) is 0 Å². The number of hydrogen-bond acceptors (Lipinski definition) is 3. The molecule has 3 N–H and O–H groups in total. The molecule has 0 aromatic carbocycles. The van der Waals surface area contributed by atoms with Gasteiger partial charge in [-0.05, 0) is 45.2 Å². The Morgan fingerprint density at radius 1 is 1.28 bits per heavy atom. The summed E-state index contributed by atoms with van der Waals surface area (Å²) in [7, 11) is 2.12. The van der Waals surface area contributed by atoms with E-state index in [0.29, 0.717) is 12.0 Å². The lowest BCUT2D eigenvalue weighted by Crippen LogP contribution is -2.51. The number of carbonyl (C=O) groups excluding carboxylic acids is 1. The van der Waals surface area contributed by atoms with Crippen LogP contribution < -0.4 is 11.1 Å². The molecule has 2 aliphatic rings. The van der Waals surface area contributed by atoms with Crippen molar-refractivity contribution >= 4 is 5.91 Å². The zero-order valence-corrected chi connectivity index (χ0v) is 11.7. The number of nitrogens with zero attached hydrogens (tertiary/aromatic N) is 1. The number of likely N-dealkylation sites (tertiary alicyclic amines) is 1. The fraction of sp³-hybridized carbons (Fsp3) is 0.929. The molecule has 4 heteroatoms. The van der Waals surface area contributed by atoms with Crippen molar-refractivity contribution in [3.05, 3.63) is 0 Å². The molecule has 2 rings (SSSR count). The molecule has 4 nitrogen and oxygen atoms in total. The Morgan fingerprint density at radius 3 is 2.78 bits per heavy atom. The lowest BCUT2D eigenvalue weighted by molar-refractivity contribution is -0.128. The Bertz CT molecular complexity index is 295. The highest BCUT2D eigenvalue weighted by Crippen LogP contribution is 2.29. The number of likely N-dealkylation sites (N-methyl/N-ethyl adjacent to an activating group) is 1. The molecule has 1 saturated heterocycles. The van der Waals surface area contributed by atoms with E-state index in [1.54, 1.807) is 0 Å². The normalized spacial score (nSPS) is 38.4. The number of rotatable bonds is 2. The van der Waals surface area contributed by atoms with Crippen LogP contribution in [-0.4, -0.2) is 43.0 Å². The maximum atomic E-state index is 12.3. The van der Waals surface area contributed by atoms with Crippen LogP contribution in [0.4, 0.5) is 0 Å². The van der Waals surface area contributed by atoms with E-state index in [0.717, 1.165) is 38.8 Å². The van der Waals surface area contributed by atoms with E-state index in [1.807, 2.05) is 0 Å². The van der Waals surface area contributed by atoms with Crippen LogP contribution in [0.25, 0.3) is 0 Å². The molecule has 4 unspecified atom stereocenters. The Hall–Kier alpha value is -0.610. The Balaban J connectivity index is 1.86. The van der Waals surface area contributed by atoms with Crippen LogP contribution in [0.3, 0.4) is 0 Å². The first-order valence-corrected chi connectivity index (χ1v) is 7.32. The standard InChI is InChI=1S/C14H27N3O/c1-10-12(6-3-7-13(10)15)14(18)16-11-5-4-8-17(2)9-11/h10-13H,3-9,15H2,1-2H3,(H,16,18). The molecule has 1 aliphatic carbocycles. The summed E-state index contributed by atoms with van der Waals surface area (Å²) in [5.41, 5.74) is 6.07. The maximum Gasteiger partial charge on any atom is 0.223 e. The van der Waals surface area contributed by atoms with Crippen LogP contribution in [0.2, 0.25) is 0 Å². The second-order valence-corrected chi connectivity index (χ2v) is 6.17.